The number of nitrogens with one attached hydrogen (secondary N) is 3. The van der Waals surface area contributed by atoms with Gasteiger partial charge in [-0.1, -0.05) is 48.0 Å². The Labute approximate surface area is 202 Å². The fourth-order valence-electron chi connectivity index (χ4n) is 3.36. The summed E-state index contributed by atoms with van der Waals surface area (Å²) in [5.74, 6) is -3.81. The Bertz CT molecular complexity index is 712. The van der Waals surface area contributed by atoms with Crippen LogP contribution >= 0.6 is 0 Å². The molecule has 196 valence electrons. The third kappa shape index (κ3) is 12.0. The topological polar surface area (TPSA) is 194 Å². The highest BCUT2D eigenvalue weighted by molar-refractivity contribution is 5.94. The largest absolute Gasteiger partial charge is 0.480 e. The van der Waals surface area contributed by atoms with Crippen molar-refractivity contribution in [1.29, 1.82) is 0 Å². The molecule has 11 heteroatoms. The van der Waals surface area contributed by atoms with Crippen LogP contribution in [0.2, 0.25) is 0 Å². The van der Waals surface area contributed by atoms with E-state index >= 15 is 0 Å². The molecule has 0 aromatic heterocycles. The molecule has 0 aromatic carbocycles. The number of amides is 4. The van der Waals surface area contributed by atoms with Crippen molar-refractivity contribution in [2.24, 2.45) is 29.2 Å². The van der Waals surface area contributed by atoms with Gasteiger partial charge in [0.25, 0.3) is 0 Å². The monoisotopic (exact) mass is 485 g/mol. The van der Waals surface area contributed by atoms with Crippen LogP contribution in [0.3, 0.4) is 0 Å². The average Bonchev–Trinajstić information content (AvgIpc) is 2.72. The Balaban J connectivity index is 5.62. The zero-order chi connectivity index (χ0) is 26.6. The Hall–Kier alpha value is -2.69. The standard InChI is InChI=1S/C23H43N5O6/c1-7-14(6)19(28-20(30)15(24)10-12(2)3)22(32)26-16(8-9-18(25)29)21(31)27-17(23(33)34)11-13(4)5/h12-17,19H,7-11,24H2,1-6H3,(H2,25,29)(H,26,32)(H,27,31)(H,28,30)(H,33,34). The van der Waals surface area contributed by atoms with Crippen molar-refractivity contribution in [2.75, 3.05) is 0 Å². The maximum atomic E-state index is 13.1. The molecule has 0 aliphatic heterocycles. The van der Waals surface area contributed by atoms with Crippen LogP contribution in [0.1, 0.15) is 73.6 Å². The molecular weight excluding hydrogens is 442 g/mol. The minimum Gasteiger partial charge on any atom is -0.480 e. The van der Waals surface area contributed by atoms with Crippen LogP contribution < -0.4 is 27.4 Å². The predicted octanol–water partition coefficient (Wildman–Crippen LogP) is 0.257. The van der Waals surface area contributed by atoms with Crippen molar-refractivity contribution >= 4 is 29.6 Å². The first-order valence-corrected chi connectivity index (χ1v) is 11.9. The van der Waals surface area contributed by atoms with Gasteiger partial charge in [-0.2, -0.15) is 0 Å². The van der Waals surface area contributed by atoms with Crippen molar-refractivity contribution in [3.63, 3.8) is 0 Å². The quantitative estimate of drug-likeness (QED) is 0.180. The molecule has 8 N–H and O–H groups in total. The van der Waals surface area contributed by atoms with Gasteiger partial charge in [-0.25, -0.2) is 4.79 Å². The number of aliphatic carboxylic acids is 1. The second-order valence-electron chi connectivity index (χ2n) is 9.70. The maximum absolute atomic E-state index is 13.1. The fourth-order valence-corrected chi connectivity index (χ4v) is 3.36. The molecule has 0 rings (SSSR count). The number of primary amides is 1. The van der Waals surface area contributed by atoms with E-state index in [4.69, 9.17) is 11.5 Å². The van der Waals surface area contributed by atoms with Gasteiger partial charge in [0, 0.05) is 6.42 Å². The third-order valence-corrected chi connectivity index (χ3v) is 5.49. The number of carboxylic acids is 1. The Morgan fingerprint density at radius 2 is 1.32 bits per heavy atom. The molecule has 0 bridgehead atoms. The van der Waals surface area contributed by atoms with Crippen LogP contribution in [0.15, 0.2) is 0 Å². The number of carbonyl (C=O) groups is 5. The first-order valence-electron chi connectivity index (χ1n) is 11.9. The molecule has 4 amide bonds. The Kier molecular flexibility index (Phi) is 14.1. The van der Waals surface area contributed by atoms with Gasteiger partial charge in [0.15, 0.2) is 0 Å². The molecule has 0 fully saturated rings. The molecule has 0 spiro atoms. The molecule has 5 unspecified atom stereocenters. The van der Waals surface area contributed by atoms with Crippen LogP contribution in [-0.4, -0.2) is 58.9 Å². The molecule has 0 saturated heterocycles. The van der Waals surface area contributed by atoms with Gasteiger partial charge in [0.05, 0.1) is 6.04 Å². The van der Waals surface area contributed by atoms with E-state index in [0.29, 0.717) is 12.8 Å². The van der Waals surface area contributed by atoms with Crippen LogP contribution in [0.5, 0.6) is 0 Å². The second kappa shape index (κ2) is 15.3. The van der Waals surface area contributed by atoms with E-state index in [2.05, 4.69) is 16.0 Å². The molecule has 0 heterocycles. The number of carboxylic acid groups (broad SMARTS) is 1. The Morgan fingerprint density at radius 1 is 0.794 bits per heavy atom. The third-order valence-electron chi connectivity index (χ3n) is 5.49. The highest BCUT2D eigenvalue weighted by atomic mass is 16.4. The molecule has 0 aromatic rings. The van der Waals surface area contributed by atoms with Crippen molar-refractivity contribution in [2.45, 2.75) is 97.8 Å². The molecule has 11 nitrogen and oxygen atoms in total. The number of nitrogens with two attached hydrogens (primary N) is 2. The fraction of sp³-hybridized carbons (Fsp3) is 0.783. The minimum atomic E-state index is -1.21. The van der Waals surface area contributed by atoms with Crippen molar-refractivity contribution in [3.05, 3.63) is 0 Å². The Morgan fingerprint density at radius 3 is 1.76 bits per heavy atom. The van der Waals surface area contributed by atoms with E-state index in [0.717, 1.165) is 0 Å². The lowest BCUT2D eigenvalue weighted by molar-refractivity contribution is -0.143. The van der Waals surface area contributed by atoms with E-state index in [1.807, 2.05) is 34.6 Å². The maximum Gasteiger partial charge on any atom is 0.326 e. The second-order valence-corrected chi connectivity index (χ2v) is 9.70. The highest BCUT2D eigenvalue weighted by Crippen LogP contribution is 2.12. The van der Waals surface area contributed by atoms with Gasteiger partial charge in [-0.15, -0.1) is 0 Å². The van der Waals surface area contributed by atoms with Gasteiger partial charge < -0.3 is 32.5 Å². The van der Waals surface area contributed by atoms with Crippen LogP contribution in [-0.2, 0) is 24.0 Å². The molecular formula is C23H43N5O6. The number of hydrogen-bond acceptors (Lipinski definition) is 6. The summed E-state index contributed by atoms with van der Waals surface area (Å²) in [5.41, 5.74) is 11.2. The number of carbonyl (C=O) groups excluding carboxylic acids is 4. The van der Waals surface area contributed by atoms with Gasteiger partial charge in [-0.05, 0) is 37.0 Å². The summed E-state index contributed by atoms with van der Waals surface area (Å²) in [4.78, 5) is 61.3. The van der Waals surface area contributed by atoms with Crippen LogP contribution in [0, 0.1) is 17.8 Å². The number of rotatable bonds is 16. The number of hydrogen-bond donors (Lipinski definition) is 6. The smallest absolute Gasteiger partial charge is 0.326 e. The van der Waals surface area contributed by atoms with Gasteiger partial charge in [0.2, 0.25) is 23.6 Å². The lowest BCUT2D eigenvalue weighted by Crippen LogP contribution is -2.58. The molecule has 0 radical (unpaired) electrons. The summed E-state index contributed by atoms with van der Waals surface area (Å²) < 4.78 is 0. The summed E-state index contributed by atoms with van der Waals surface area (Å²) >= 11 is 0. The van der Waals surface area contributed by atoms with Crippen molar-refractivity contribution < 1.29 is 29.1 Å². The minimum absolute atomic E-state index is 0.0000972. The molecule has 0 aliphatic carbocycles. The summed E-state index contributed by atoms with van der Waals surface area (Å²) in [6, 6.07) is -4.12. The van der Waals surface area contributed by atoms with E-state index < -0.39 is 53.8 Å². The van der Waals surface area contributed by atoms with Crippen molar-refractivity contribution in [3.8, 4) is 0 Å². The average molecular weight is 486 g/mol. The normalized spacial score (nSPS) is 15.7. The first kappa shape index (κ1) is 31.3. The lowest BCUT2D eigenvalue weighted by atomic mass is 9.96. The zero-order valence-corrected chi connectivity index (χ0v) is 21.2. The summed E-state index contributed by atoms with van der Waals surface area (Å²) in [7, 11) is 0. The predicted molar refractivity (Wildman–Crippen MR) is 128 cm³/mol. The van der Waals surface area contributed by atoms with E-state index in [9.17, 15) is 29.1 Å². The first-order chi connectivity index (χ1) is 15.7. The van der Waals surface area contributed by atoms with Crippen molar-refractivity contribution in [1.82, 2.24) is 16.0 Å². The molecule has 5 atom stereocenters. The van der Waals surface area contributed by atoms with Crippen LogP contribution in [0.4, 0.5) is 0 Å². The summed E-state index contributed by atoms with van der Waals surface area (Å²) in [5, 5.41) is 17.1. The molecule has 34 heavy (non-hydrogen) atoms. The highest BCUT2D eigenvalue weighted by Gasteiger charge is 2.32. The van der Waals surface area contributed by atoms with Gasteiger partial charge in [0.1, 0.15) is 18.1 Å². The SMILES string of the molecule is CCC(C)C(NC(=O)C(N)CC(C)C)C(=O)NC(CCC(N)=O)C(=O)NC(CC(C)C)C(=O)O. The van der Waals surface area contributed by atoms with E-state index in [1.54, 1.807) is 6.92 Å². The molecule has 0 aliphatic rings. The van der Waals surface area contributed by atoms with Gasteiger partial charge in [-0.3, -0.25) is 19.2 Å². The van der Waals surface area contributed by atoms with E-state index in [-0.39, 0.29) is 37.0 Å². The van der Waals surface area contributed by atoms with E-state index in [1.165, 1.54) is 0 Å². The summed E-state index contributed by atoms with van der Waals surface area (Å²) in [6.07, 6.45) is 0.883. The zero-order valence-electron chi connectivity index (χ0n) is 21.2. The van der Waals surface area contributed by atoms with Crippen LogP contribution in [0.25, 0.3) is 0 Å². The molecule has 0 saturated carbocycles. The van der Waals surface area contributed by atoms with Gasteiger partial charge >= 0.3 is 5.97 Å². The summed E-state index contributed by atoms with van der Waals surface area (Å²) in [6.45, 7) is 11.1. The lowest BCUT2D eigenvalue weighted by Gasteiger charge is -2.28.